The number of rotatable bonds is 3. The summed E-state index contributed by atoms with van der Waals surface area (Å²) in [6.45, 7) is 3.67. The first-order valence-corrected chi connectivity index (χ1v) is 5.79. The molecule has 3 atom stereocenters. The number of ether oxygens (including phenoxy) is 3. The van der Waals surface area contributed by atoms with Gasteiger partial charge in [0.1, 0.15) is 5.60 Å². The van der Waals surface area contributed by atoms with Gasteiger partial charge in [-0.2, -0.15) is 0 Å². The van der Waals surface area contributed by atoms with Gasteiger partial charge >= 0.3 is 0 Å². The summed E-state index contributed by atoms with van der Waals surface area (Å²) in [7, 11) is 0. The summed E-state index contributed by atoms with van der Waals surface area (Å²) in [5.41, 5.74) is -0.146. The Bertz CT molecular complexity index is 209. The molecule has 0 saturated carbocycles. The van der Waals surface area contributed by atoms with E-state index in [-0.39, 0.29) is 24.6 Å². The van der Waals surface area contributed by atoms with Crippen molar-refractivity contribution in [2.45, 2.75) is 50.6 Å². The van der Waals surface area contributed by atoms with Crippen molar-refractivity contribution in [2.24, 2.45) is 0 Å². The maximum Gasteiger partial charge on any atom is 0.155 e. The van der Waals surface area contributed by atoms with Crippen molar-refractivity contribution in [3.8, 4) is 0 Å². The topological polar surface area (TPSA) is 47.9 Å². The Morgan fingerprint density at radius 3 is 2.67 bits per heavy atom. The average molecular weight is 216 g/mol. The standard InChI is InChI=1S/C11H20O4/c1-9-13-7-4-11(15-9)5-8-14-10(11)3-2-6-12/h9-10,12H,2-8H2,1H3/t9?,10-,11-/m1/s1. The molecule has 0 aromatic heterocycles. The first-order chi connectivity index (χ1) is 7.27. The minimum Gasteiger partial charge on any atom is -0.396 e. The zero-order valence-corrected chi connectivity index (χ0v) is 9.28. The van der Waals surface area contributed by atoms with Gasteiger partial charge in [-0.3, -0.25) is 0 Å². The first kappa shape index (κ1) is 11.3. The molecule has 0 aromatic rings. The van der Waals surface area contributed by atoms with Crippen LogP contribution in [-0.4, -0.2) is 42.9 Å². The van der Waals surface area contributed by atoms with Crippen LogP contribution < -0.4 is 0 Å². The largest absolute Gasteiger partial charge is 0.396 e. The van der Waals surface area contributed by atoms with Gasteiger partial charge < -0.3 is 19.3 Å². The quantitative estimate of drug-likeness (QED) is 0.766. The van der Waals surface area contributed by atoms with Crippen LogP contribution in [0.2, 0.25) is 0 Å². The molecular weight excluding hydrogens is 196 g/mol. The second-order valence-electron chi connectivity index (χ2n) is 4.35. The van der Waals surface area contributed by atoms with Crippen molar-refractivity contribution in [3.05, 3.63) is 0 Å². The van der Waals surface area contributed by atoms with E-state index < -0.39 is 0 Å². The molecule has 4 heteroatoms. The molecule has 0 bridgehead atoms. The van der Waals surface area contributed by atoms with Gasteiger partial charge in [0.15, 0.2) is 6.29 Å². The maximum atomic E-state index is 8.84. The Labute approximate surface area is 90.5 Å². The highest BCUT2D eigenvalue weighted by Crippen LogP contribution is 2.39. The van der Waals surface area contributed by atoms with Gasteiger partial charge in [0.2, 0.25) is 0 Å². The minimum atomic E-state index is -0.146. The van der Waals surface area contributed by atoms with Crippen LogP contribution in [0.5, 0.6) is 0 Å². The van der Waals surface area contributed by atoms with E-state index in [2.05, 4.69) is 0 Å². The lowest BCUT2D eigenvalue weighted by Crippen LogP contribution is -2.48. The van der Waals surface area contributed by atoms with Crippen LogP contribution in [0.4, 0.5) is 0 Å². The Kier molecular flexibility index (Phi) is 3.61. The Morgan fingerprint density at radius 2 is 2.00 bits per heavy atom. The maximum absolute atomic E-state index is 8.84. The molecule has 2 fully saturated rings. The van der Waals surface area contributed by atoms with E-state index in [0.29, 0.717) is 0 Å². The van der Waals surface area contributed by atoms with Crippen LogP contribution in [0.1, 0.15) is 32.6 Å². The number of aliphatic hydroxyl groups excluding tert-OH is 1. The molecule has 1 unspecified atom stereocenters. The average Bonchev–Trinajstić information content (AvgIpc) is 2.58. The fraction of sp³-hybridized carbons (Fsp3) is 1.00. The second kappa shape index (κ2) is 4.78. The predicted octanol–water partition coefficient (Wildman–Crippen LogP) is 1.07. The molecule has 2 saturated heterocycles. The van der Waals surface area contributed by atoms with E-state index in [1.54, 1.807) is 0 Å². The molecule has 0 aliphatic carbocycles. The summed E-state index contributed by atoms with van der Waals surface area (Å²) in [6, 6.07) is 0. The van der Waals surface area contributed by atoms with Crippen molar-refractivity contribution >= 4 is 0 Å². The molecule has 1 N–H and O–H groups in total. The monoisotopic (exact) mass is 216 g/mol. The fourth-order valence-electron chi connectivity index (χ4n) is 2.55. The van der Waals surface area contributed by atoms with Crippen molar-refractivity contribution < 1.29 is 19.3 Å². The number of hydrogen-bond donors (Lipinski definition) is 1. The van der Waals surface area contributed by atoms with Gasteiger partial charge in [-0.1, -0.05) is 0 Å². The Hall–Kier alpha value is -0.160. The first-order valence-electron chi connectivity index (χ1n) is 5.79. The van der Waals surface area contributed by atoms with E-state index in [9.17, 15) is 0 Å². The van der Waals surface area contributed by atoms with E-state index in [4.69, 9.17) is 19.3 Å². The molecule has 88 valence electrons. The summed E-state index contributed by atoms with van der Waals surface area (Å²) < 4.78 is 17.0. The summed E-state index contributed by atoms with van der Waals surface area (Å²) in [5, 5.41) is 8.84. The van der Waals surface area contributed by atoms with Gasteiger partial charge in [-0.05, 0) is 19.8 Å². The SMILES string of the molecule is CC1OCC[C@]2(CCO[C@@H]2CCCO)O1. The van der Waals surface area contributed by atoms with Gasteiger partial charge in [0.05, 0.1) is 12.7 Å². The van der Waals surface area contributed by atoms with E-state index in [0.717, 1.165) is 38.9 Å². The van der Waals surface area contributed by atoms with Crippen molar-refractivity contribution in [1.29, 1.82) is 0 Å². The third kappa shape index (κ3) is 2.33. The molecular formula is C11H20O4. The summed E-state index contributed by atoms with van der Waals surface area (Å²) >= 11 is 0. The van der Waals surface area contributed by atoms with Gasteiger partial charge in [0.25, 0.3) is 0 Å². The van der Waals surface area contributed by atoms with E-state index >= 15 is 0 Å². The van der Waals surface area contributed by atoms with Gasteiger partial charge in [0, 0.05) is 26.1 Å². The van der Waals surface area contributed by atoms with E-state index in [1.165, 1.54) is 0 Å². The number of aliphatic hydroxyl groups is 1. The summed E-state index contributed by atoms with van der Waals surface area (Å²) in [5.74, 6) is 0. The van der Waals surface area contributed by atoms with E-state index in [1.807, 2.05) is 6.92 Å². The Balaban J connectivity index is 1.97. The molecule has 2 aliphatic heterocycles. The second-order valence-corrected chi connectivity index (χ2v) is 4.35. The lowest BCUT2D eigenvalue weighted by molar-refractivity contribution is -0.261. The third-order valence-corrected chi connectivity index (χ3v) is 3.33. The zero-order valence-electron chi connectivity index (χ0n) is 9.28. The normalized spacial score (nSPS) is 41.2. The molecule has 0 aromatic carbocycles. The molecule has 2 rings (SSSR count). The molecule has 2 heterocycles. The molecule has 4 nitrogen and oxygen atoms in total. The molecule has 1 spiro atoms. The smallest absolute Gasteiger partial charge is 0.155 e. The van der Waals surface area contributed by atoms with Crippen LogP contribution in [0, 0.1) is 0 Å². The molecule has 0 radical (unpaired) electrons. The van der Waals surface area contributed by atoms with Crippen LogP contribution >= 0.6 is 0 Å². The third-order valence-electron chi connectivity index (χ3n) is 3.33. The van der Waals surface area contributed by atoms with Crippen LogP contribution in [0.25, 0.3) is 0 Å². The van der Waals surface area contributed by atoms with Gasteiger partial charge in [-0.15, -0.1) is 0 Å². The zero-order chi connectivity index (χ0) is 10.7. The van der Waals surface area contributed by atoms with Crippen molar-refractivity contribution in [2.75, 3.05) is 19.8 Å². The minimum absolute atomic E-state index is 0.128. The lowest BCUT2D eigenvalue weighted by Gasteiger charge is -2.40. The van der Waals surface area contributed by atoms with Gasteiger partial charge in [-0.25, -0.2) is 0 Å². The highest BCUT2D eigenvalue weighted by molar-refractivity contribution is 4.95. The Morgan fingerprint density at radius 1 is 1.27 bits per heavy atom. The molecule has 0 amide bonds. The predicted molar refractivity (Wildman–Crippen MR) is 54.5 cm³/mol. The molecule has 15 heavy (non-hydrogen) atoms. The van der Waals surface area contributed by atoms with Crippen LogP contribution in [-0.2, 0) is 14.2 Å². The van der Waals surface area contributed by atoms with Crippen LogP contribution in [0.3, 0.4) is 0 Å². The fourth-order valence-corrected chi connectivity index (χ4v) is 2.55. The summed E-state index contributed by atoms with van der Waals surface area (Å²) in [4.78, 5) is 0. The summed E-state index contributed by atoms with van der Waals surface area (Å²) in [6.07, 6.45) is 3.53. The highest BCUT2D eigenvalue weighted by Gasteiger charge is 2.47. The lowest BCUT2D eigenvalue weighted by atomic mass is 9.88. The number of hydrogen-bond acceptors (Lipinski definition) is 4. The van der Waals surface area contributed by atoms with Crippen molar-refractivity contribution in [3.63, 3.8) is 0 Å². The van der Waals surface area contributed by atoms with Crippen LogP contribution in [0.15, 0.2) is 0 Å². The highest BCUT2D eigenvalue weighted by atomic mass is 16.7. The van der Waals surface area contributed by atoms with Crippen molar-refractivity contribution in [1.82, 2.24) is 0 Å². The molecule has 2 aliphatic rings.